The molecule has 0 heterocycles. The Balaban J connectivity index is 2.27. The lowest BCUT2D eigenvalue weighted by atomic mass is 10.0. The maximum Gasteiger partial charge on any atom is 0.123 e. The van der Waals surface area contributed by atoms with E-state index in [0.717, 1.165) is 29.3 Å². The highest BCUT2D eigenvalue weighted by molar-refractivity contribution is 9.10. The highest BCUT2D eigenvalue weighted by Crippen LogP contribution is 2.53. The molecule has 1 fully saturated rings. The summed E-state index contributed by atoms with van der Waals surface area (Å²) in [6, 6.07) is 4.74. The smallest absolute Gasteiger partial charge is 0.123 e. The summed E-state index contributed by atoms with van der Waals surface area (Å²) in [5.74, 6) is 0.306. The van der Waals surface area contributed by atoms with Crippen LogP contribution in [0.2, 0.25) is 0 Å². The summed E-state index contributed by atoms with van der Waals surface area (Å²) < 4.78 is 14.1. The molecule has 0 radical (unpaired) electrons. The van der Waals surface area contributed by atoms with Crippen molar-refractivity contribution in [2.45, 2.75) is 31.7 Å². The molecule has 15 heavy (non-hydrogen) atoms. The number of benzene rings is 1. The Morgan fingerprint density at radius 3 is 3.00 bits per heavy atom. The first kappa shape index (κ1) is 11.1. The predicted molar refractivity (Wildman–Crippen MR) is 63.0 cm³/mol. The standard InChI is InChI=1S/C12H15BrFN/c1-2-3-8-7-12(8,15)10-6-9(14)4-5-11(10)13/h4-6,8H,2-3,7,15H2,1H3. The summed E-state index contributed by atoms with van der Waals surface area (Å²) in [5.41, 5.74) is 6.89. The van der Waals surface area contributed by atoms with E-state index in [9.17, 15) is 4.39 Å². The molecule has 0 bridgehead atoms. The second kappa shape index (κ2) is 3.87. The van der Waals surface area contributed by atoms with E-state index in [-0.39, 0.29) is 11.4 Å². The quantitative estimate of drug-likeness (QED) is 0.894. The summed E-state index contributed by atoms with van der Waals surface area (Å²) >= 11 is 3.44. The molecule has 1 aromatic rings. The van der Waals surface area contributed by atoms with Crippen molar-refractivity contribution < 1.29 is 4.39 Å². The Kier molecular flexibility index (Phi) is 2.86. The van der Waals surface area contributed by atoms with Gasteiger partial charge in [0.25, 0.3) is 0 Å². The zero-order valence-electron chi connectivity index (χ0n) is 8.76. The largest absolute Gasteiger partial charge is 0.321 e. The minimum Gasteiger partial charge on any atom is -0.321 e. The van der Waals surface area contributed by atoms with Crippen LogP contribution in [0.1, 0.15) is 31.7 Å². The van der Waals surface area contributed by atoms with E-state index in [1.807, 2.05) is 0 Å². The van der Waals surface area contributed by atoms with Gasteiger partial charge in [-0.3, -0.25) is 0 Å². The molecular weight excluding hydrogens is 257 g/mol. The van der Waals surface area contributed by atoms with E-state index in [2.05, 4.69) is 22.9 Å². The lowest BCUT2D eigenvalue weighted by Crippen LogP contribution is -2.23. The van der Waals surface area contributed by atoms with E-state index in [1.165, 1.54) is 6.07 Å². The predicted octanol–water partition coefficient (Wildman–Crippen LogP) is 3.56. The van der Waals surface area contributed by atoms with Gasteiger partial charge in [0.05, 0.1) is 0 Å². The maximum atomic E-state index is 13.1. The summed E-state index contributed by atoms with van der Waals surface area (Å²) in [7, 11) is 0. The Morgan fingerprint density at radius 1 is 1.60 bits per heavy atom. The van der Waals surface area contributed by atoms with Gasteiger partial charge in [-0.05, 0) is 42.5 Å². The van der Waals surface area contributed by atoms with Crippen LogP contribution in [-0.2, 0) is 5.54 Å². The molecule has 3 heteroatoms. The van der Waals surface area contributed by atoms with Gasteiger partial charge in [0.1, 0.15) is 5.82 Å². The fourth-order valence-corrected chi connectivity index (χ4v) is 2.86. The van der Waals surface area contributed by atoms with Crippen molar-refractivity contribution >= 4 is 15.9 Å². The number of hydrogen-bond acceptors (Lipinski definition) is 1. The molecule has 0 amide bonds. The first-order valence-corrected chi connectivity index (χ1v) is 6.11. The monoisotopic (exact) mass is 271 g/mol. The molecule has 0 saturated heterocycles. The third-order valence-corrected chi connectivity index (χ3v) is 3.91. The van der Waals surface area contributed by atoms with Crippen LogP contribution in [0.3, 0.4) is 0 Å². The van der Waals surface area contributed by atoms with Crippen LogP contribution in [0, 0.1) is 11.7 Å². The molecule has 82 valence electrons. The van der Waals surface area contributed by atoms with Gasteiger partial charge in [0.2, 0.25) is 0 Å². The van der Waals surface area contributed by atoms with Crippen molar-refractivity contribution in [3.8, 4) is 0 Å². The number of halogens is 2. The molecule has 1 aromatic carbocycles. The molecular formula is C12H15BrFN. The Hall–Kier alpha value is -0.410. The molecule has 2 atom stereocenters. The fraction of sp³-hybridized carbons (Fsp3) is 0.500. The minimum atomic E-state index is -0.295. The second-order valence-corrected chi connectivity index (χ2v) is 5.21. The van der Waals surface area contributed by atoms with Gasteiger partial charge in [0.15, 0.2) is 0 Å². The molecule has 0 aromatic heterocycles. The van der Waals surface area contributed by atoms with Gasteiger partial charge in [-0.25, -0.2) is 4.39 Å². The number of nitrogens with two attached hydrogens (primary N) is 1. The van der Waals surface area contributed by atoms with E-state index in [1.54, 1.807) is 12.1 Å². The zero-order chi connectivity index (χ0) is 11.1. The highest BCUT2D eigenvalue weighted by Gasteiger charge is 2.52. The van der Waals surface area contributed by atoms with E-state index < -0.39 is 0 Å². The van der Waals surface area contributed by atoms with Crippen LogP contribution < -0.4 is 5.73 Å². The average Bonchev–Trinajstić information content (AvgIpc) is 2.83. The topological polar surface area (TPSA) is 26.0 Å². The molecule has 0 spiro atoms. The number of rotatable bonds is 3. The molecule has 1 aliphatic rings. The van der Waals surface area contributed by atoms with Crippen LogP contribution >= 0.6 is 15.9 Å². The first-order chi connectivity index (χ1) is 7.08. The summed E-state index contributed by atoms with van der Waals surface area (Å²) in [6.07, 6.45) is 3.24. The van der Waals surface area contributed by atoms with Gasteiger partial charge in [-0.1, -0.05) is 29.3 Å². The molecule has 1 nitrogen and oxygen atoms in total. The molecule has 1 saturated carbocycles. The van der Waals surface area contributed by atoms with Gasteiger partial charge in [-0.15, -0.1) is 0 Å². The highest BCUT2D eigenvalue weighted by atomic mass is 79.9. The lowest BCUT2D eigenvalue weighted by Gasteiger charge is -2.14. The SMILES string of the molecule is CCCC1CC1(N)c1cc(F)ccc1Br. The minimum absolute atomic E-state index is 0.208. The lowest BCUT2D eigenvalue weighted by molar-refractivity contribution is 0.571. The van der Waals surface area contributed by atoms with Crippen LogP contribution in [-0.4, -0.2) is 0 Å². The van der Waals surface area contributed by atoms with Crippen LogP contribution in [0.5, 0.6) is 0 Å². The van der Waals surface area contributed by atoms with E-state index in [4.69, 9.17) is 5.73 Å². The summed E-state index contributed by atoms with van der Waals surface area (Å²) in [4.78, 5) is 0. The van der Waals surface area contributed by atoms with Crippen molar-refractivity contribution in [2.75, 3.05) is 0 Å². The maximum absolute atomic E-state index is 13.1. The Bertz CT molecular complexity index is 380. The second-order valence-electron chi connectivity index (χ2n) is 4.35. The van der Waals surface area contributed by atoms with Crippen molar-refractivity contribution in [3.63, 3.8) is 0 Å². The first-order valence-electron chi connectivity index (χ1n) is 5.32. The molecule has 0 aliphatic heterocycles. The summed E-state index contributed by atoms with van der Waals surface area (Å²) in [6.45, 7) is 2.15. The van der Waals surface area contributed by atoms with Crippen LogP contribution in [0.25, 0.3) is 0 Å². The van der Waals surface area contributed by atoms with E-state index in [0.29, 0.717) is 5.92 Å². The molecule has 2 unspecified atom stereocenters. The third-order valence-electron chi connectivity index (χ3n) is 3.22. The van der Waals surface area contributed by atoms with Gasteiger partial charge >= 0.3 is 0 Å². The van der Waals surface area contributed by atoms with Gasteiger partial charge in [0, 0.05) is 10.0 Å². The van der Waals surface area contributed by atoms with E-state index >= 15 is 0 Å². The van der Waals surface area contributed by atoms with Crippen molar-refractivity contribution in [2.24, 2.45) is 11.7 Å². The van der Waals surface area contributed by atoms with Crippen molar-refractivity contribution in [3.05, 3.63) is 34.1 Å². The van der Waals surface area contributed by atoms with Crippen molar-refractivity contribution in [1.82, 2.24) is 0 Å². The average molecular weight is 272 g/mol. The number of hydrogen-bond donors (Lipinski definition) is 1. The van der Waals surface area contributed by atoms with Gasteiger partial charge < -0.3 is 5.73 Å². The Morgan fingerprint density at radius 2 is 2.33 bits per heavy atom. The summed E-state index contributed by atoms with van der Waals surface area (Å²) in [5, 5.41) is 0. The van der Waals surface area contributed by atoms with Crippen LogP contribution in [0.4, 0.5) is 4.39 Å². The fourth-order valence-electron chi connectivity index (χ4n) is 2.24. The Labute approximate surface area is 98.0 Å². The zero-order valence-corrected chi connectivity index (χ0v) is 10.3. The van der Waals surface area contributed by atoms with Crippen LogP contribution in [0.15, 0.2) is 22.7 Å². The molecule has 2 rings (SSSR count). The normalized spacial score (nSPS) is 29.2. The van der Waals surface area contributed by atoms with Crippen molar-refractivity contribution in [1.29, 1.82) is 0 Å². The third kappa shape index (κ3) is 1.95. The molecule has 1 aliphatic carbocycles. The molecule has 2 N–H and O–H groups in total. The van der Waals surface area contributed by atoms with Gasteiger partial charge in [-0.2, -0.15) is 0 Å².